The van der Waals surface area contributed by atoms with Crippen molar-refractivity contribution in [2.75, 3.05) is 19.8 Å². The van der Waals surface area contributed by atoms with Gasteiger partial charge in [-0.1, -0.05) is 175 Å². The van der Waals surface area contributed by atoms with Crippen molar-refractivity contribution in [2.24, 2.45) is 0 Å². The first-order valence-electron chi connectivity index (χ1n) is 23.7. The third-order valence-electron chi connectivity index (χ3n) is 10.5. The lowest BCUT2D eigenvalue weighted by atomic mass is 10.1. The van der Waals surface area contributed by atoms with E-state index in [0.29, 0.717) is 19.8 Å². The van der Waals surface area contributed by atoms with Gasteiger partial charge in [0.2, 0.25) is 0 Å². The van der Waals surface area contributed by atoms with E-state index < -0.39 is 52.4 Å². The summed E-state index contributed by atoms with van der Waals surface area (Å²) in [6.07, 6.45) is 36.4. The summed E-state index contributed by atoms with van der Waals surface area (Å²) in [7, 11) is 0. The fourth-order valence-corrected chi connectivity index (χ4v) is 6.73. The number of unbranched alkanes of at least 4 members (excludes halogenated alkanes) is 24. The van der Waals surface area contributed by atoms with Crippen LogP contribution in [0.25, 0.3) is 0 Å². The van der Waals surface area contributed by atoms with Crippen molar-refractivity contribution >= 4 is 17.9 Å². The minimum absolute atomic E-state index is 0.00618. The van der Waals surface area contributed by atoms with Crippen LogP contribution in [0.1, 0.15) is 226 Å². The van der Waals surface area contributed by atoms with E-state index in [4.69, 9.17) is 29.5 Å². The lowest BCUT2D eigenvalue weighted by molar-refractivity contribution is 0.0674. The van der Waals surface area contributed by atoms with E-state index in [1.165, 1.54) is 153 Å². The highest BCUT2D eigenvalue weighted by Crippen LogP contribution is 2.23. The van der Waals surface area contributed by atoms with Crippen molar-refractivity contribution in [3.05, 3.63) is 53.1 Å². The number of H-pyrrole nitrogens is 3. The number of carboxylic acid groups (broad SMARTS) is 3. The van der Waals surface area contributed by atoms with Crippen LogP contribution >= 0.6 is 0 Å². The van der Waals surface area contributed by atoms with Crippen LogP contribution in [0.15, 0.2) is 18.6 Å². The number of aromatic carboxylic acids is 3. The average Bonchev–Trinajstić information content (AvgIpc) is 3.95. The molecule has 0 radical (unpaired) electrons. The van der Waals surface area contributed by atoms with Crippen molar-refractivity contribution in [2.45, 2.75) is 194 Å². The minimum atomic E-state index is -1.32. The molecule has 0 unspecified atom stereocenters. The van der Waals surface area contributed by atoms with Gasteiger partial charge in [0.05, 0.1) is 19.8 Å². The fraction of sp³-hybridized carbons (Fsp3) is 0.688. The first-order valence-corrected chi connectivity index (χ1v) is 23.7. The molecular weight excluding hydrogens is 820 g/mol. The molecule has 0 aliphatic carbocycles. The third kappa shape index (κ3) is 26.0. The van der Waals surface area contributed by atoms with Crippen LogP contribution in [0, 0.1) is 17.5 Å². The molecule has 6 N–H and O–H groups in total. The largest absolute Gasteiger partial charge is 0.489 e. The summed E-state index contributed by atoms with van der Waals surface area (Å²) in [6, 6.07) is 0. The van der Waals surface area contributed by atoms with Crippen LogP contribution in [0.3, 0.4) is 0 Å². The van der Waals surface area contributed by atoms with Gasteiger partial charge < -0.3 is 44.5 Å². The number of hydrogen-bond donors (Lipinski definition) is 6. The van der Waals surface area contributed by atoms with Crippen LogP contribution in [-0.2, 0) is 0 Å². The quantitative estimate of drug-likeness (QED) is 0.0309. The predicted molar refractivity (Wildman–Crippen MR) is 241 cm³/mol. The number of nitrogens with one attached hydrogen (secondary N) is 3. The van der Waals surface area contributed by atoms with Gasteiger partial charge in [-0.25, -0.2) is 27.6 Å². The molecule has 63 heavy (non-hydrogen) atoms. The summed E-state index contributed by atoms with van der Waals surface area (Å²) in [5.41, 5.74) is -1.34. The predicted octanol–water partition coefficient (Wildman–Crippen LogP) is 14.3. The summed E-state index contributed by atoms with van der Waals surface area (Å²) >= 11 is 0. The number of aromatic amines is 3. The van der Waals surface area contributed by atoms with Gasteiger partial charge in [-0.3, -0.25) is 0 Å². The first kappa shape index (κ1) is 56.5. The Morgan fingerprint density at radius 2 is 0.571 bits per heavy atom. The van der Waals surface area contributed by atoms with E-state index in [-0.39, 0.29) is 17.2 Å². The third-order valence-corrected chi connectivity index (χ3v) is 10.5. The molecule has 0 amide bonds. The molecule has 0 aliphatic rings. The average molecular weight is 898 g/mol. The minimum Gasteiger partial charge on any atom is -0.489 e. The zero-order valence-corrected chi connectivity index (χ0v) is 38.4. The number of carbonyl (C=O) groups is 3. The normalized spacial score (nSPS) is 10.8. The molecule has 0 aromatic carbocycles. The second-order valence-corrected chi connectivity index (χ2v) is 16.0. The SMILES string of the molecule is CCCCCCCCCCCCOc1c[nH]c(C(=O)O)c1F.CCCCCCCCCCCOc1c[nH]c(C(=O)O)c1F.CCCCCCCCCCOc1c[nH]c(C(=O)O)c1F. The molecule has 3 aromatic heterocycles. The van der Waals surface area contributed by atoms with Gasteiger partial charge in [0.25, 0.3) is 0 Å². The number of aromatic nitrogens is 3. The number of hydrogen-bond acceptors (Lipinski definition) is 6. The topological polar surface area (TPSA) is 187 Å². The lowest BCUT2D eigenvalue weighted by Crippen LogP contribution is -2.01. The Morgan fingerprint density at radius 1 is 0.381 bits per heavy atom. The molecule has 0 spiro atoms. The van der Waals surface area contributed by atoms with Crippen LogP contribution in [0.5, 0.6) is 17.2 Å². The highest BCUT2D eigenvalue weighted by molar-refractivity contribution is 5.87. The van der Waals surface area contributed by atoms with Crippen LogP contribution in [0.4, 0.5) is 13.2 Å². The van der Waals surface area contributed by atoms with E-state index in [0.717, 1.165) is 38.5 Å². The van der Waals surface area contributed by atoms with E-state index in [9.17, 15) is 27.6 Å². The summed E-state index contributed by atoms with van der Waals surface area (Å²) in [6.45, 7) is 7.90. The Morgan fingerprint density at radius 3 is 0.746 bits per heavy atom. The van der Waals surface area contributed by atoms with E-state index in [1.54, 1.807) is 0 Å². The summed E-state index contributed by atoms with van der Waals surface area (Å²) in [5, 5.41) is 26.1. The molecule has 0 aliphatic heterocycles. The van der Waals surface area contributed by atoms with Gasteiger partial charge in [-0.15, -0.1) is 0 Å². The summed E-state index contributed by atoms with van der Waals surface area (Å²) < 4.78 is 56.3. The van der Waals surface area contributed by atoms with Crippen molar-refractivity contribution in [1.82, 2.24) is 15.0 Å². The van der Waals surface area contributed by atoms with Crippen LogP contribution < -0.4 is 14.2 Å². The monoisotopic (exact) mass is 898 g/mol. The lowest BCUT2D eigenvalue weighted by Gasteiger charge is -2.04. The molecule has 360 valence electrons. The van der Waals surface area contributed by atoms with Gasteiger partial charge in [-0.05, 0) is 19.3 Å². The van der Waals surface area contributed by atoms with E-state index in [1.807, 2.05) is 0 Å². The zero-order valence-electron chi connectivity index (χ0n) is 38.4. The van der Waals surface area contributed by atoms with Crippen molar-refractivity contribution in [3.8, 4) is 17.2 Å². The maximum Gasteiger partial charge on any atom is 0.355 e. The highest BCUT2D eigenvalue weighted by Gasteiger charge is 2.19. The molecule has 0 fully saturated rings. The zero-order chi connectivity index (χ0) is 46.5. The first-order chi connectivity index (χ1) is 30.5. The van der Waals surface area contributed by atoms with Gasteiger partial charge >= 0.3 is 17.9 Å². The van der Waals surface area contributed by atoms with Crippen molar-refractivity contribution in [1.29, 1.82) is 0 Å². The Kier molecular flexibility index (Phi) is 33.0. The molecule has 15 heteroatoms. The van der Waals surface area contributed by atoms with E-state index >= 15 is 0 Å². The Balaban J connectivity index is 0.000000473. The Labute approximate surface area is 373 Å². The number of halogens is 3. The molecular formula is C48H78F3N3O9. The molecule has 12 nitrogen and oxygen atoms in total. The molecule has 3 rings (SSSR count). The molecule has 0 atom stereocenters. The van der Waals surface area contributed by atoms with Crippen LogP contribution in [-0.4, -0.2) is 68.0 Å². The smallest absolute Gasteiger partial charge is 0.355 e. The molecule has 0 saturated heterocycles. The van der Waals surface area contributed by atoms with Crippen molar-refractivity contribution in [3.63, 3.8) is 0 Å². The Hall–Kier alpha value is -4.56. The van der Waals surface area contributed by atoms with Gasteiger partial charge in [0, 0.05) is 18.6 Å². The van der Waals surface area contributed by atoms with Gasteiger partial charge in [0.1, 0.15) is 0 Å². The number of rotatable bonds is 36. The molecule has 3 aromatic rings. The van der Waals surface area contributed by atoms with Gasteiger partial charge in [0.15, 0.2) is 51.8 Å². The summed E-state index contributed by atoms with van der Waals surface area (Å²) in [5.74, 6) is -6.43. The maximum atomic E-state index is 13.5. The van der Waals surface area contributed by atoms with E-state index in [2.05, 4.69) is 35.7 Å². The Bertz CT molecular complexity index is 1630. The second kappa shape index (κ2) is 36.9. The maximum absolute atomic E-state index is 13.5. The molecule has 0 saturated carbocycles. The number of ether oxygens (including phenoxy) is 3. The molecule has 0 bridgehead atoms. The summed E-state index contributed by atoms with van der Waals surface area (Å²) in [4.78, 5) is 39.0. The van der Waals surface area contributed by atoms with Crippen LogP contribution in [0.2, 0.25) is 0 Å². The second-order valence-electron chi connectivity index (χ2n) is 16.0. The number of carboxylic acids is 3. The highest BCUT2D eigenvalue weighted by atomic mass is 19.1. The fourth-order valence-electron chi connectivity index (χ4n) is 6.73. The van der Waals surface area contributed by atoms with Gasteiger partial charge in [-0.2, -0.15) is 0 Å². The van der Waals surface area contributed by atoms with Crippen molar-refractivity contribution < 1.29 is 57.1 Å². The standard InChI is InChI=1S/C17H28FNO3.C16H26FNO3.C15H24FNO3/c1-2-3-4-5-6-7-8-9-10-11-12-22-14-13-19-16(15(14)18)17(20)21;1-2-3-4-5-6-7-8-9-10-11-21-13-12-18-15(14(13)17)16(19)20;1-2-3-4-5-6-7-8-9-10-20-12-11-17-14(13(12)16)15(18)19/h13,19H,2-12H2,1H3,(H,20,21);12,18H,2-11H2,1H3,(H,19,20);11,17H,2-10H2,1H3,(H,18,19). The molecule has 3 heterocycles.